The number of likely N-dealkylation sites (tertiary alicyclic amines) is 1. The van der Waals surface area contributed by atoms with E-state index in [0.717, 1.165) is 29.7 Å². The third-order valence-electron chi connectivity index (χ3n) is 7.17. The maximum absolute atomic E-state index is 13.8. The Bertz CT molecular complexity index is 1420. The van der Waals surface area contributed by atoms with Gasteiger partial charge in [0.25, 0.3) is 11.8 Å². The van der Waals surface area contributed by atoms with Crippen LogP contribution in [0.15, 0.2) is 36.4 Å². The minimum absolute atomic E-state index is 0.170. The largest absolute Gasteiger partial charge is 0.481 e. The van der Waals surface area contributed by atoms with Crippen molar-refractivity contribution in [2.75, 3.05) is 31.1 Å². The van der Waals surface area contributed by atoms with Crippen molar-refractivity contribution in [1.82, 2.24) is 14.7 Å². The smallest absolute Gasteiger partial charge is 0.417 e. The highest BCUT2D eigenvalue weighted by Crippen LogP contribution is 2.37. The molecule has 0 radical (unpaired) electrons. The van der Waals surface area contributed by atoms with Crippen molar-refractivity contribution >= 4 is 46.1 Å². The molecule has 2 saturated heterocycles. The fourth-order valence-electron chi connectivity index (χ4n) is 5.14. The predicted octanol–water partition coefficient (Wildman–Crippen LogP) is 4.93. The first-order valence-electron chi connectivity index (χ1n) is 12.3. The zero-order valence-electron chi connectivity index (χ0n) is 20.2. The van der Waals surface area contributed by atoms with E-state index >= 15 is 0 Å². The predicted molar refractivity (Wildman–Crippen MR) is 134 cm³/mol. The molecule has 1 N–H and O–H groups in total. The van der Waals surface area contributed by atoms with Crippen molar-refractivity contribution in [2.24, 2.45) is 5.92 Å². The lowest BCUT2D eigenvalue weighted by molar-refractivity contribution is -0.142. The van der Waals surface area contributed by atoms with Crippen molar-refractivity contribution in [1.29, 1.82) is 0 Å². The van der Waals surface area contributed by atoms with Gasteiger partial charge in [-0.1, -0.05) is 17.7 Å². The Morgan fingerprint density at radius 1 is 0.974 bits per heavy atom. The van der Waals surface area contributed by atoms with Crippen LogP contribution in [0.4, 0.5) is 19.0 Å². The maximum atomic E-state index is 13.8. The molecular weight excluding hydrogens is 525 g/mol. The first kappa shape index (κ1) is 26.0. The van der Waals surface area contributed by atoms with E-state index < -0.39 is 35.1 Å². The fourth-order valence-corrected chi connectivity index (χ4v) is 5.40. The van der Waals surface area contributed by atoms with Gasteiger partial charge in [-0.3, -0.25) is 14.4 Å². The average molecular weight is 549 g/mol. The van der Waals surface area contributed by atoms with Gasteiger partial charge in [-0.15, -0.1) is 5.10 Å². The zero-order valence-corrected chi connectivity index (χ0v) is 20.9. The lowest BCUT2D eigenvalue weighted by Crippen LogP contribution is -2.36. The van der Waals surface area contributed by atoms with Crippen LogP contribution >= 0.6 is 11.6 Å². The molecule has 0 spiro atoms. The van der Waals surface area contributed by atoms with Gasteiger partial charge in [-0.2, -0.15) is 17.9 Å². The Kier molecular flexibility index (Phi) is 6.81. The molecule has 2 aliphatic heterocycles. The number of aliphatic carboxylic acids is 1. The molecule has 200 valence electrons. The van der Waals surface area contributed by atoms with Gasteiger partial charge in [0, 0.05) is 37.1 Å². The Hall–Kier alpha value is -3.60. The average Bonchev–Trinajstić information content (AvgIpc) is 3.55. The summed E-state index contributed by atoms with van der Waals surface area (Å²) in [6.07, 6.45) is -2.36. The monoisotopic (exact) mass is 548 g/mol. The number of piperidine rings is 1. The highest BCUT2D eigenvalue weighted by Gasteiger charge is 2.38. The summed E-state index contributed by atoms with van der Waals surface area (Å²) < 4.78 is 42.3. The molecule has 1 amide bonds. The molecule has 0 atom stereocenters. The van der Waals surface area contributed by atoms with Crippen molar-refractivity contribution in [3.8, 4) is 0 Å². The van der Waals surface area contributed by atoms with E-state index in [2.05, 4.69) is 5.10 Å². The molecule has 5 rings (SSSR count). The number of carboxylic acid groups (broad SMARTS) is 1. The van der Waals surface area contributed by atoms with Crippen LogP contribution in [-0.4, -0.2) is 63.7 Å². The summed E-state index contributed by atoms with van der Waals surface area (Å²) in [7, 11) is 0. The number of alkyl halides is 3. The molecule has 8 nitrogen and oxygen atoms in total. The molecule has 0 saturated carbocycles. The lowest BCUT2D eigenvalue weighted by atomic mass is 9.97. The van der Waals surface area contributed by atoms with Crippen LogP contribution in [-0.2, 0) is 11.0 Å². The number of aromatic nitrogens is 2. The summed E-state index contributed by atoms with van der Waals surface area (Å²) in [5.41, 5.74) is -1.46. The minimum Gasteiger partial charge on any atom is -0.481 e. The first-order valence-corrected chi connectivity index (χ1v) is 12.6. The number of carbonyl (C=O) groups excluding carboxylic acids is 2. The van der Waals surface area contributed by atoms with Gasteiger partial charge in [0.15, 0.2) is 5.82 Å². The standard InChI is InChI=1S/C26H24ClF3N4O4/c27-19-5-3-4-18(26(28,29)30)21(19)24(36)34-20-14-16(23(35)33-10-1-2-11-33)6-7-17(20)22(31-34)32-12-8-15(9-13-32)25(37)38/h3-7,14-15H,1-2,8-13H2,(H,37,38). The van der Waals surface area contributed by atoms with E-state index in [1.807, 2.05) is 4.90 Å². The second-order valence-corrected chi connectivity index (χ2v) is 9.94. The number of carbonyl (C=O) groups is 3. The van der Waals surface area contributed by atoms with Crippen LogP contribution < -0.4 is 4.90 Å². The Morgan fingerprint density at radius 2 is 1.66 bits per heavy atom. The highest BCUT2D eigenvalue weighted by molar-refractivity contribution is 6.34. The molecule has 38 heavy (non-hydrogen) atoms. The van der Waals surface area contributed by atoms with E-state index in [1.165, 1.54) is 12.1 Å². The van der Waals surface area contributed by atoms with Crippen molar-refractivity contribution < 1.29 is 32.7 Å². The molecule has 0 bridgehead atoms. The number of anilines is 1. The van der Waals surface area contributed by atoms with Crippen LogP contribution in [0.5, 0.6) is 0 Å². The molecule has 1 aromatic heterocycles. The highest BCUT2D eigenvalue weighted by atomic mass is 35.5. The van der Waals surface area contributed by atoms with E-state index in [4.69, 9.17) is 11.6 Å². The Labute approximate surface area is 220 Å². The van der Waals surface area contributed by atoms with Gasteiger partial charge in [0.2, 0.25) is 0 Å². The normalized spacial score (nSPS) is 16.8. The molecule has 2 fully saturated rings. The van der Waals surface area contributed by atoms with Crippen LogP contribution in [0.1, 0.15) is 52.0 Å². The second-order valence-electron chi connectivity index (χ2n) is 9.53. The van der Waals surface area contributed by atoms with Crippen LogP contribution in [0.2, 0.25) is 5.02 Å². The van der Waals surface area contributed by atoms with E-state index in [0.29, 0.717) is 55.8 Å². The topological polar surface area (TPSA) is 95.7 Å². The number of nitrogens with zero attached hydrogens (tertiary/aromatic N) is 4. The summed E-state index contributed by atoms with van der Waals surface area (Å²) in [4.78, 5) is 41.6. The SMILES string of the molecule is O=C(O)C1CCN(c2nn(C(=O)c3c(Cl)cccc3C(F)(F)F)c3cc(C(=O)N4CCCC4)ccc23)CC1. The summed E-state index contributed by atoms with van der Waals surface area (Å²) in [6, 6.07) is 7.82. The molecule has 2 aromatic carbocycles. The van der Waals surface area contributed by atoms with E-state index in [-0.39, 0.29) is 16.4 Å². The Balaban J connectivity index is 1.63. The second kappa shape index (κ2) is 9.94. The van der Waals surface area contributed by atoms with Gasteiger partial charge in [0.1, 0.15) is 0 Å². The minimum atomic E-state index is -4.84. The van der Waals surface area contributed by atoms with Gasteiger partial charge >= 0.3 is 12.1 Å². The third-order valence-corrected chi connectivity index (χ3v) is 7.49. The summed E-state index contributed by atoms with van der Waals surface area (Å²) >= 11 is 6.11. The molecule has 0 unspecified atom stereocenters. The van der Waals surface area contributed by atoms with Crippen molar-refractivity contribution in [2.45, 2.75) is 31.9 Å². The number of carboxylic acids is 1. The van der Waals surface area contributed by atoms with Crippen LogP contribution in [0, 0.1) is 5.92 Å². The number of fused-ring (bicyclic) bond motifs is 1. The molecule has 12 heteroatoms. The Morgan fingerprint density at radius 3 is 2.29 bits per heavy atom. The first-order chi connectivity index (χ1) is 18.1. The van der Waals surface area contributed by atoms with Gasteiger partial charge in [0.05, 0.1) is 27.6 Å². The van der Waals surface area contributed by atoms with Gasteiger partial charge in [-0.05, 0) is 56.0 Å². The molecule has 3 aromatic rings. The third kappa shape index (κ3) is 4.70. The number of hydrogen-bond acceptors (Lipinski definition) is 5. The molecule has 2 aliphatic rings. The van der Waals surface area contributed by atoms with Gasteiger partial charge < -0.3 is 14.9 Å². The summed E-state index contributed by atoms with van der Waals surface area (Å²) in [5, 5.41) is 13.8. The lowest BCUT2D eigenvalue weighted by Gasteiger charge is -2.30. The maximum Gasteiger partial charge on any atom is 0.417 e. The quantitative estimate of drug-likeness (QED) is 0.496. The van der Waals surface area contributed by atoms with Gasteiger partial charge in [-0.25, -0.2) is 0 Å². The number of rotatable bonds is 4. The zero-order chi connectivity index (χ0) is 27.2. The number of hydrogen-bond donors (Lipinski definition) is 1. The van der Waals surface area contributed by atoms with E-state index in [9.17, 15) is 32.7 Å². The van der Waals surface area contributed by atoms with E-state index in [1.54, 1.807) is 17.0 Å². The number of halogens is 4. The van der Waals surface area contributed by atoms with Crippen LogP contribution in [0.25, 0.3) is 10.9 Å². The number of amides is 1. The summed E-state index contributed by atoms with van der Waals surface area (Å²) in [6.45, 7) is 1.89. The van der Waals surface area contributed by atoms with Crippen molar-refractivity contribution in [3.05, 3.63) is 58.1 Å². The molecule has 0 aliphatic carbocycles. The van der Waals surface area contributed by atoms with Crippen LogP contribution in [0.3, 0.4) is 0 Å². The molecular formula is C26H24ClF3N4O4. The number of benzene rings is 2. The summed E-state index contributed by atoms with van der Waals surface area (Å²) in [5.74, 6) is -2.38. The van der Waals surface area contributed by atoms with Crippen molar-refractivity contribution in [3.63, 3.8) is 0 Å². The molecule has 3 heterocycles. The fraction of sp³-hybridized carbons (Fsp3) is 0.385.